The third-order valence-corrected chi connectivity index (χ3v) is 1.96. The van der Waals surface area contributed by atoms with Gasteiger partial charge in [0.25, 0.3) is 0 Å². The van der Waals surface area contributed by atoms with Crippen LogP contribution in [0.2, 0.25) is 0 Å². The number of nitrogens with one attached hydrogen (secondary N) is 1. The number of amides is 1. The molecule has 0 aliphatic carbocycles. The van der Waals surface area contributed by atoms with Crippen molar-refractivity contribution in [1.82, 2.24) is 5.32 Å². The number of carbonyl (C=O) groups is 1. The molecule has 0 aliphatic heterocycles. The number of ether oxygens (including phenoxy) is 1. The summed E-state index contributed by atoms with van der Waals surface area (Å²) in [7, 11) is 0. The quantitative estimate of drug-likeness (QED) is 0.672. The minimum Gasteiger partial charge on any atom is -0.369 e. The molecule has 0 aromatic carbocycles. The Morgan fingerprint density at radius 3 is 2.54 bits per heavy atom. The maximum absolute atomic E-state index is 11.2. The first kappa shape index (κ1) is 12.7. The zero-order valence-electron chi connectivity index (χ0n) is 8.47. The van der Waals surface area contributed by atoms with Gasteiger partial charge >= 0.3 is 0 Å². The van der Waals surface area contributed by atoms with Crippen LogP contribution in [0.4, 0.5) is 0 Å². The van der Waals surface area contributed by atoms with Gasteiger partial charge in [-0.2, -0.15) is 0 Å². The number of hydrogen-bond donors (Lipinski definition) is 1. The van der Waals surface area contributed by atoms with E-state index in [2.05, 4.69) is 5.32 Å². The largest absolute Gasteiger partial charge is 0.369 e. The predicted molar refractivity (Wildman–Crippen MR) is 54.0 cm³/mol. The molecule has 0 aliphatic rings. The highest BCUT2D eigenvalue weighted by Gasteiger charge is 2.09. The van der Waals surface area contributed by atoms with Crippen LogP contribution in [0.3, 0.4) is 0 Å². The predicted octanol–water partition coefficient (Wildman–Crippen LogP) is 1.54. The number of alkyl halides is 1. The first-order valence-corrected chi connectivity index (χ1v) is 5.10. The van der Waals surface area contributed by atoms with Gasteiger partial charge < -0.3 is 10.1 Å². The average molecular weight is 208 g/mol. The molecule has 1 amide bonds. The Bertz CT molecular complexity index is 147. The lowest BCUT2D eigenvalue weighted by Crippen LogP contribution is -2.38. The number of rotatable bonds is 6. The Morgan fingerprint density at radius 2 is 2.15 bits per heavy atom. The fourth-order valence-electron chi connectivity index (χ4n) is 0.761. The van der Waals surface area contributed by atoms with Crippen LogP contribution in [0, 0.1) is 0 Å². The minimum atomic E-state index is -0.0961. The normalized spacial score (nSPS) is 13.0. The second-order valence-electron chi connectivity index (χ2n) is 3.19. The molecule has 78 valence electrons. The van der Waals surface area contributed by atoms with Crippen molar-refractivity contribution >= 4 is 17.5 Å². The highest BCUT2D eigenvalue weighted by atomic mass is 35.5. The lowest BCUT2D eigenvalue weighted by molar-refractivity contribution is -0.127. The molecule has 0 rings (SSSR count). The molecular formula is C9H18ClNO2. The van der Waals surface area contributed by atoms with Crippen molar-refractivity contribution in [1.29, 1.82) is 0 Å². The fraction of sp³-hybridized carbons (Fsp3) is 0.889. The van der Waals surface area contributed by atoms with Crippen LogP contribution < -0.4 is 5.32 Å². The molecule has 1 N–H and O–H groups in total. The Morgan fingerprint density at radius 1 is 1.54 bits per heavy atom. The van der Waals surface area contributed by atoms with E-state index in [9.17, 15) is 4.79 Å². The molecule has 0 aromatic rings. The molecule has 1 unspecified atom stereocenters. The number of carbonyl (C=O) groups excluding carboxylic acids is 1. The van der Waals surface area contributed by atoms with Crippen molar-refractivity contribution in [3.8, 4) is 0 Å². The summed E-state index contributed by atoms with van der Waals surface area (Å²) in [4.78, 5) is 11.2. The maximum atomic E-state index is 11.2. The second-order valence-corrected chi connectivity index (χ2v) is 3.50. The molecule has 0 radical (unpaired) electrons. The molecule has 3 nitrogen and oxygen atoms in total. The van der Waals surface area contributed by atoms with Crippen LogP contribution in [0.5, 0.6) is 0 Å². The van der Waals surface area contributed by atoms with Crippen molar-refractivity contribution in [3.63, 3.8) is 0 Å². The molecule has 0 spiro atoms. The van der Waals surface area contributed by atoms with Crippen molar-refractivity contribution in [2.75, 3.05) is 12.5 Å². The minimum absolute atomic E-state index is 0.0601. The SMILES string of the molecule is CCC(CCl)NC(=O)COC(C)C. The summed E-state index contributed by atoms with van der Waals surface area (Å²) in [6.07, 6.45) is 0.929. The Hall–Kier alpha value is -0.280. The van der Waals surface area contributed by atoms with Gasteiger partial charge in [0.2, 0.25) is 5.91 Å². The zero-order valence-corrected chi connectivity index (χ0v) is 9.23. The van der Waals surface area contributed by atoms with Gasteiger partial charge in [0.1, 0.15) is 6.61 Å². The molecule has 13 heavy (non-hydrogen) atoms. The van der Waals surface area contributed by atoms with Crippen LogP contribution in [0.25, 0.3) is 0 Å². The van der Waals surface area contributed by atoms with E-state index in [1.165, 1.54) is 0 Å². The van der Waals surface area contributed by atoms with E-state index in [4.69, 9.17) is 16.3 Å². The monoisotopic (exact) mass is 207 g/mol. The molecule has 0 saturated carbocycles. The average Bonchev–Trinajstić information content (AvgIpc) is 2.10. The lowest BCUT2D eigenvalue weighted by Gasteiger charge is -2.14. The van der Waals surface area contributed by atoms with Gasteiger partial charge in [0, 0.05) is 11.9 Å². The summed E-state index contributed by atoms with van der Waals surface area (Å²) in [5.74, 6) is 0.352. The van der Waals surface area contributed by atoms with Crippen LogP contribution in [0.15, 0.2) is 0 Å². The molecule has 0 fully saturated rings. The van der Waals surface area contributed by atoms with Gasteiger partial charge in [-0.1, -0.05) is 6.92 Å². The standard InChI is InChI=1S/C9H18ClNO2/c1-4-8(5-10)11-9(12)6-13-7(2)3/h7-8H,4-6H2,1-3H3,(H,11,12). The van der Waals surface area contributed by atoms with E-state index in [0.29, 0.717) is 5.88 Å². The summed E-state index contributed by atoms with van der Waals surface area (Å²) < 4.78 is 5.14. The van der Waals surface area contributed by atoms with Crippen LogP contribution in [-0.4, -0.2) is 30.5 Å². The third-order valence-electron chi connectivity index (χ3n) is 1.59. The maximum Gasteiger partial charge on any atom is 0.246 e. The topological polar surface area (TPSA) is 38.3 Å². The summed E-state index contributed by atoms with van der Waals surface area (Å²) in [5.41, 5.74) is 0. The van der Waals surface area contributed by atoms with Gasteiger partial charge in [0.05, 0.1) is 6.10 Å². The summed E-state index contributed by atoms with van der Waals surface area (Å²) in [6, 6.07) is 0.0601. The van der Waals surface area contributed by atoms with E-state index in [1.54, 1.807) is 0 Å². The van der Waals surface area contributed by atoms with Gasteiger partial charge in [-0.15, -0.1) is 11.6 Å². The van der Waals surface area contributed by atoms with Gasteiger partial charge in [0.15, 0.2) is 0 Å². The summed E-state index contributed by atoms with van der Waals surface area (Å²) in [6.45, 7) is 5.89. The van der Waals surface area contributed by atoms with E-state index < -0.39 is 0 Å². The lowest BCUT2D eigenvalue weighted by atomic mass is 10.2. The first-order chi connectivity index (χ1) is 6.10. The molecule has 0 saturated heterocycles. The first-order valence-electron chi connectivity index (χ1n) is 4.57. The summed E-state index contributed by atoms with van der Waals surface area (Å²) >= 11 is 5.62. The highest BCUT2D eigenvalue weighted by Crippen LogP contribution is 1.94. The molecule has 0 heterocycles. The van der Waals surface area contributed by atoms with Crippen molar-refractivity contribution < 1.29 is 9.53 Å². The molecular weight excluding hydrogens is 190 g/mol. The number of hydrogen-bond acceptors (Lipinski definition) is 2. The van der Waals surface area contributed by atoms with Crippen LogP contribution in [0.1, 0.15) is 27.2 Å². The Kier molecular flexibility index (Phi) is 7.00. The molecule has 4 heteroatoms. The van der Waals surface area contributed by atoms with Crippen molar-refractivity contribution in [2.24, 2.45) is 0 Å². The summed E-state index contributed by atoms with van der Waals surface area (Å²) in [5, 5.41) is 2.78. The molecule has 1 atom stereocenters. The number of halogens is 1. The van der Waals surface area contributed by atoms with E-state index >= 15 is 0 Å². The highest BCUT2D eigenvalue weighted by molar-refractivity contribution is 6.18. The zero-order chi connectivity index (χ0) is 10.3. The van der Waals surface area contributed by atoms with Crippen molar-refractivity contribution in [2.45, 2.75) is 39.3 Å². The van der Waals surface area contributed by atoms with E-state index in [1.807, 2.05) is 20.8 Å². The van der Waals surface area contributed by atoms with Crippen LogP contribution >= 0.6 is 11.6 Å². The van der Waals surface area contributed by atoms with Gasteiger partial charge in [-0.25, -0.2) is 0 Å². The fourth-order valence-corrected chi connectivity index (χ4v) is 1.06. The second kappa shape index (κ2) is 7.15. The smallest absolute Gasteiger partial charge is 0.246 e. The van der Waals surface area contributed by atoms with Crippen LogP contribution in [-0.2, 0) is 9.53 Å². The Balaban J connectivity index is 3.60. The molecule has 0 bridgehead atoms. The van der Waals surface area contributed by atoms with E-state index in [-0.39, 0.29) is 24.7 Å². The van der Waals surface area contributed by atoms with Gasteiger partial charge in [-0.05, 0) is 20.3 Å². The Labute approximate surface area is 84.8 Å². The third kappa shape index (κ3) is 6.84. The van der Waals surface area contributed by atoms with E-state index in [0.717, 1.165) is 6.42 Å². The van der Waals surface area contributed by atoms with Crippen molar-refractivity contribution in [3.05, 3.63) is 0 Å². The van der Waals surface area contributed by atoms with Gasteiger partial charge in [-0.3, -0.25) is 4.79 Å². The molecule has 0 aromatic heterocycles.